The minimum atomic E-state index is 0.538. The van der Waals surface area contributed by atoms with Crippen molar-refractivity contribution >= 4 is 26.8 Å². The summed E-state index contributed by atoms with van der Waals surface area (Å²) >= 11 is 3.53. The Hall–Kier alpha value is -0.800. The lowest BCUT2D eigenvalue weighted by Crippen LogP contribution is -2.08. The molecule has 0 saturated heterocycles. The number of halogens is 1. The van der Waals surface area contributed by atoms with Gasteiger partial charge in [-0.3, -0.25) is 0 Å². The van der Waals surface area contributed by atoms with Crippen molar-refractivity contribution in [2.45, 2.75) is 26.3 Å². The summed E-state index contributed by atoms with van der Waals surface area (Å²) in [6.07, 6.45) is 2.23. The predicted molar refractivity (Wildman–Crippen MR) is 72.8 cm³/mol. The van der Waals surface area contributed by atoms with Crippen LogP contribution in [-0.4, -0.2) is 11.1 Å². The van der Waals surface area contributed by atoms with E-state index in [-0.39, 0.29) is 0 Å². The number of fused-ring (bicyclic) bond motifs is 1. The molecule has 0 atom stereocenters. The van der Waals surface area contributed by atoms with Gasteiger partial charge in [-0.1, -0.05) is 29.8 Å². The SMILES string of the molecule is CC(C)c1cn(CCN)c2ccc(Br)cc12. The Kier molecular flexibility index (Phi) is 3.36. The molecule has 0 bridgehead atoms. The van der Waals surface area contributed by atoms with Gasteiger partial charge >= 0.3 is 0 Å². The molecule has 1 aromatic carbocycles. The van der Waals surface area contributed by atoms with Crippen molar-refractivity contribution in [3.05, 3.63) is 34.4 Å². The molecule has 2 aromatic rings. The van der Waals surface area contributed by atoms with Crippen molar-refractivity contribution in [2.75, 3.05) is 6.54 Å². The maximum atomic E-state index is 5.64. The lowest BCUT2D eigenvalue weighted by atomic mass is 10.0. The van der Waals surface area contributed by atoms with Crippen molar-refractivity contribution in [2.24, 2.45) is 5.73 Å². The van der Waals surface area contributed by atoms with E-state index in [1.165, 1.54) is 16.5 Å². The lowest BCUT2D eigenvalue weighted by Gasteiger charge is -2.02. The summed E-state index contributed by atoms with van der Waals surface area (Å²) in [5.74, 6) is 0.538. The van der Waals surface area contributed by atoms with E-state index in [0.717, 1.165) is 11.0 Å². The van der Waals surface area contributed by atoms with Gasteiger partial charge in [-0.25, -0.2) is 0 Å². The van der Waals surface area contributed by atoms with E-state index in [2.05, 4.69) is 58.7 Å². The maximum absolute atomic E-state index is 5.64. The smallest absolute Gasteiger partial charge is 0.0484 e. The van der Waals surface area contributed by atoms with Gasteiger partial charge in [0, 0.05) is 34.7 Å². The van der Waals surface area contributed by atoms with Crippen LogP contribution >= 0.6 is 15.9 Å². The van der Waals surface area contributed by atoms with Crippen LogP contribution in [0.4, 0.5) is 0 Å². The molecule has 86 valence electrons. The highest BCUT2D eigenvalue weighted by atomic mass is 79.9. The van der Waals surface area contributed by atoms with Gasteiger partial charge in [0.15, 0.2) is 0 Å². The number of hydrogen-bond acceptors (Lipinski definition) is 1. The van der Waals surface area contributed by atoms with Gasteiger partial charge in [-0.2, -0.15) is 0 Å². The Balaban J connectivity index is 2.66. The van der Waals surface area contributed by atoms with E-state index in [4.69, 9.17) is 5.73 Å². The number of rotatable bonds is 3. The number of aromatic nitrogens is 1. The van der Waals surface area contributed by atoms with E-state index in [1.54, 1.807) is 0 Å². The molecule has 0 amide bonds. The van der Waals surface area contributed by atoms with Gasteiger partial charge in [-0.15, -0.1) is 0 Å². The third kappa shape index (κ3) is 2.02. The van der Waals surface area contributed by atoms with Crippen LogP contribution in [0.5, 0.6) is 0 Å². The normalized spacial score (nSPS) is 11.6. The molecule has 0 aliphatic rings. The van der Waals surface area contributed by atoms with Crippen LogP contribution in [0.2, 0.25) is 0 Å². The maximum Gasteiger partial charge on any atom is 0.0484 e. The van der Waals surface area contributed by atoms with Crippen molar-refractivity contribution in [3.8, 4) is 0 Å². The number of nitrogens with two attached hydrogens (primary N) is 1. The highest BCUT2D eigenvalue weighted by Gasteiger charge is 2.10. The van der Waals surface area contributed by atoms with Gasteiger partial charge in [0.05, 0.1) is 0 Å². The molecule has 2 nitrogen and oxygen atoms in total. The minimum Gasteiger partial charge on any atom is -0.346 e. The first-order chi connectivity index (χ1) is 7.63. The molecule has 0 radical (unpaired) electrons. The molecule has 2 N–H and O–H groups in total. The third-order valence-corrected chi connectivity index (χ3v) is 3.36. The largest absolute Gasteiger partial charge is 0.346 e. The van der Waals surface area contributed by atoms with E-state index >= 15 is 0 Å². The zero-order valence-electron chi connectivity index (χ0n) is 9.70. The summed E-state index contributed by atoms with van der Waals surface area (Å²) in [6.45, 7) is 6.01. The fraction of sp³-hybridized carbons (Fsp3) is 0.385. The number of nitrogens with zero attached hydrogens (tertiary/aromatic N) is 1. The summed E-state index contributed by atoms with van der Waals surface area (Å²) in [5, 5.41) is 1.33. The van der Waals surface area contributed by atoms with E-state index in [9.17, 15) is 0 Å². The molecular weight excluding hydrogens is 264 g/mol. The number of benzene rings is 1. The summed E-state index contributed by atoms with van der Waals surface area (Å²) in [5.41, 5.74) is 8.31. The van der Waals surface area contributed by atoms with Crippen molar-refractivity contribution in [1.82, 2.24) is 4.57 Å². The van der Waals surface area contributed by atoms with Crippen LogP contribution in [-0.2, 0) is 6.54 Å². The molecule has 2 rings (SSSR count). The average Bonchev–Trinajstić information content (AvgIpc) is 2.57. The van der Waals surface area contributed by atoms with E-state index in [1.807, 2.05) is 0 Å². The van der Waals surface area contributed by atoms with Crippen molar-refractivity contribution < 1.29 is 0 Å². The summed E-state index contributed by atoms with van der Waals surface area (Å²) in [6, 6.07) is 6.43. The number of hydrogen-bond donors (Lipinski definition) is 1. The Labute approximate surface area is 105 Å². The second-order valence-electron chi connectivity index (χ2n) is 4.38. The van der Waals surface area contributed by atoms with Crippen molar-refractivity contribution in [1.29, 1.82) is 0 Å². The van der Waals surface area contributed by atoms with Crippen LogP contribution in [0, 0.1) is 0 Å². The van der Waals surface area contributed by atoms with Gasteiger partial charge in [0.25, 0.3) is 0 Å². The Morgan fingerprint density at radius 2 is 2.12 bits per heavy atom. The molecule has 0 spiro atoms. The monoisotopic (exact) mass is 280 g/mol. The highest BCUT2D eigenvalue weighted by Crippen LogP contribution is 2.29. The quantitative estimate of drug-likeness (QED) is 0.917. The van der Waals surface area contributed by atoms with Crippen molar-refractivity contribution in [3.63, 3.8) is 0 Å². The van der Waals surface area contributed by atoms with Crippen LogP contribution in [0.1, 0.15) is 25.3 Å². The molecule has 0 unspecified atom stereocenters. The predicted octanol–water partition coefficient (Wildman–Crippen LogP) is 3.49. The van der Waals surface area contributed by atoms with E-state index < -0.39 is 0 Å². The summed E-state index contributed by atoms with van der Waals surface area (Å²) in [4.78, 5) is 0. The first-order valence-electron chi connectivity index (χ1n) is 5.62. The van der Waals surface area contributed by atoms with Gasteiger partial charge < -0.3 is 10.3 Å². The highest BCUT2D eigenvalue weighted by molar-refractivity contribution is 9.10. The third-order valence-electron chi connectivity index (χ3n) is 2.87. The van der Waals surface area contributed by atoms with Crippen LogP contribution in [0.25, 0.3) is 10.9 Å². The second kappa shape index (κ2) is 4.60. The molecular formula is C13H17BrN2. The van der Waals surface area contributed by atoms with Gasteiger partial charge in [0.2, 0.25) is 0 Å². The molecule has 0 saturated carbocycles. The first-order valence-corrected chi connectivity index (χ1v) is 6.41. The zero-order valence-corrected chi connectivity index (χ0v) is 11.3. The molecule has 0 aliphatic carbocycles. The lowest BCUT2D eigenvalue weighted by molar-refractivity contribution is 0.727. The fourth-order valence-corrected chi connectivity index (χ4v) is 2.44. The Morgan fingerprint density at radius 3 is 2.75 bits per heavy atom. The Morgan fingerprint density at radius 1 is 1.38 bits per heavy atom. The minimum absolute atomic E-state index is 0.538. The molecule has 16 heavy (non-hydrogen) atoms. The molecule has 3 heteroatoms. The molecule has 1 heterocycles. The van der Waals surface area contributed by atoms with Crippen LogP contribution in [0.3, 0.4) is 0 Å². The summed E-state index contributed by atoms with van der Waals surface area (Å²) < 4.78 is 3.38. The molecule has 0 aliphatic heterocycles. The van der Waals surface area contributed by atoms with Crippen LogP contribution < -0.4 is 5.73 Å². The first kappa shape index (κ1) is 11.7. The van der Waals surface area contributed by atoms with E-state index in [0.29, 0.717) is 12.5 Å². The van der Waals surface area contributed by atoms with Gasteiger partial charge in [0.1, 0.15) is 0 Å². The zero-order chi connectivity index (χ0) is 11.7. The molecule has 1 aromatic heterocycles. The molecule has 0 fully saturated rings. The van der Waals surface area contributed by atoms with Crippen LogP contribution in [0.15, 0.2) is 28.9 Å². The second-order valence-corrected chi connectivity index (χ2v) is 5.30. The Bertz CT molecular complexity index is 500. The van der Waals surface area contributed by atoms with Gasteiger partial charge in [-0.05, 0) is 29.7 Å². The fourth-order valence-electron chi connectivity index (χ4n) is 2.08. The standard InChI is InChI=1S/C13H17BrN2/c1-9(2)12-8-16(6-5-15)13-4-3-10(14)7-11(12)13/h3-4,7-9H,5-6,15H2,1-2H3. The average molecular weight is 281 g/mol. The summed E-state index contributed by atoms with van der Waals surface area (Å²) in [7, 11) is 0. The topological polar surface area (TPSA) is 30.9 Å².